The van der Waals surface area contributed by atoms with E-state index in [-0.39, 0.29) is 35.6 Å². The van der Waals surface area contributed by atoms with Gasteiger partial charge < -0.3 is 10.2 Å². The van der Waals surface area contributed by atoms with E-state index in [1.165, 1.54) is 12.1 Å². The molecule has 28 heavy (non-hydrogen) atoms. The van der Waals surface area contributed by atoms with Crippen LogP contribution >= 0.6 is 0 Å². The number of carbonyl (C=O) groups is 2. The molecular weight excluding hydrogens is 378 g/mol. The van der Waals surface area contributed by atoms with Gasteiger partial charge in [0.1, 0.15) is 0 Å². The maximum atomic E-state index is 12.4. The number of sulfonamides is 1. The van der Waals surface area contributed by atoms with Crippen molar-refractivity contribution in [2.45, 2.75) is 31.3 Å². The standard InChI is InChI=1S/C20H23N3O4S/c1-14-2-4-16(5-3-14)12-23-13-17(10-19(23)24)20(25)22-11-15-6-8-18(9-7-15)28(21,26)27/h2-9,17H,10-13H2,1H3,(H,22,25)(H2,21,26,27). The van der Waals surface area contributed by atoms with Gasteiger partial charge >= 0.3 is 0 Å². The van der Waals surface area contributed by atoms with Crippen molar-refractivity contribution in [1.29, 1.82) is 0 Å². The van der Waals surface area contributed by atoms with Gasteiger partial charge in [-0.05, 0) is 30.2 Å². The van der Waals surface area contributed by atoms with Crippen LogP contribution in [0.5, 0.6) is 0 Å². The summed E-state index contributed by atoms with van der Waals surface area (Å²) in [6, 6.07) is 14.0. The van der Waals surface area contributed by atoms with Gasteiger partial charge in [-0.1, -0.05) is 42.0 Å². The van der Waals surface area contributed by atoms with E-state index >= 15 is 0 Å². The van der Waals surface area contributed by atoms with Crippen LogP contribution in [0, 0.1) is 12.8 Å². The SMILES string of the molecule is Cc1ccc(CN2CC(C(=O)NCc3ccc(S(N)(=O)=O)cc3)CC2=O)cc1. The number of likely N-dealkylation sites (tertiary alicyclic amines) is 1. The van der Waals surface area contributed by atoms with Crippen LogP contribution in [-0.2, 0) is 32.7 Å². The molecule has 3 rings (SSSR count). The summed E-state index contributed by atoms with van der Waals surface area (Å²) >= 11 is 0. The van der Waals surface area contributed by atoms with Crippen LogP contribution in [0.15, 0.2) is 53.4 Å². The first-order valence-corrected chi connectivity index (χ1v) is 10.5. The van der Waals surface area contributed by atoms with Crippen LogP contribution in [0.1, 0.15) is 23.1 Å². The van der Waals surface area contributed by atoms with Crippen LogP contribution in [0.4, 0.5) is 0 Å². The fourth-order valence-corrected chi connectivity index (χ4v) is 3.66. The number of nitrogens with one attached hydrogen (secondary N) is 1. The Morgan fingerprint density at radius 1 is 1.11 bits per heavy atom. The number of primary sulfonamides is 1. The Morgan fingerprint density at radius 2 is 1.71 bits per heavy atom. The fraction of sp³-hybridized carbons (Fsp3) is 0.300. The number of aryl methyl sites for hydroxylation is 1. The lowest BCUT2D eigenvalue weighted by Crippen LogP contribution is -2.32. The summed E-state index contributed by atoms with van der Waals surface area (Å²) in [5, 5.41) is 7.88. The predicted octanol–water partition coefficient (Wildman–Crippen LogP) is 1.31. The molecule has 0 radical (unpaired) electrons. The van der Waals surface area contributed by atoms with Crippen molar-refractivity contribution in [1.82, 2.24) is 10.2 Å². The minimum atomic E-state index is -3.73. The topological polar surface area (TPSA) is 110 Å². The Morgan fingerprint density at radius 3 is 2.32 bits per heavy atom. The van der Waals surface area contributed by atoms with Gasteiger partial charge in [0.05, 0.1) is 10.8 Å². The van der Waals surface area contributed by atoms with Gasteiger partial charge in [0.2, 0.25) is 21.8 Å². The minimum absolute atomic E-state index is 0.0238. The zero-order valence-electron chi connectivity index (χ0n) is 15.6. The second kappa shape index (κ2) is 8.12. The molecule has 0 aromatic heterocycles. The number of nitrogens with two attached hydrogens (primary N) is 1. The number of rotatable bonds is 6. The maximum Gasteiger partial charge on any atom is 0.238 e. The highest BCUT2D eigenvalue weighted by molar-refractivity contribution is 7.89. The molecule has 1 fully saturated rings. The van der Waals surface area contributed by atoms with Crippen molar-refractivity contribution in [3.8, 4) is 0 Å². The second-order valence-electron chi connectivity index (χ2n) is 7.07. The van der Waals surface area contributed by atoms with E-state index in [1.807, 2.05) is 31.2 Å². The van der Waals surface area contributed by atoms with Gasteiger partial charge in [-0.15, -0.1) is 0 Å². The molecule has 3 N–H and O–H groups in total. The van der Waals surface area contributed by atoms with Crippen molar-refractivity contribution in [2.75, 3.05) is 6.54 Å². The number of carbonyl (C=O) groups excluding carboxylic acids is 2. The molecule has 0 saturated carbocycles. The predicted molar refractivity (Wildman–Crippen MR) is 104 cm³/mol. The number of amides is 2. The van der Waals surface area contributed by atoms with Gasteiger partial charge in [-0.3, -0.25) is 9.59 Å². The van der Waals surface area contributed by atoms with Crippen molar-refractivity contribution in [3.63, 3.8) is 0 Å². The van der Waals surface area contributed by atoms with Crippen LogP contribution < -0.4 is 10.5 Å². The lowest BCUT2D eigenvalue weighted by Gasteiger charge is -2.17. The largest absolute Gasteiger partial charge is 0.352 e. The van der Waals surface area contributed by atoms with Crippen molar-refractivity contribution in [2.24, 2.45) is 11.1 Å². The van der Waals surface area contributed by atoms with E-state index in [9.17, 15) is 18.0 Å². The van der Waals surface area contributed by atoms with Gasteiger partial charge in [0.25, 0.3) is 0 Å². The van der Waals surface area contributed by atoms with Gasteiger partial charge in [-0.2, -0.15) is 0 Å². The van der Waals surface area contributed by atoms with E-state index in [0.29, 0.717) is 13.1 Å². The molecule has 2 aromatic carbocycles. The Balaban J connectivity index is 1.53. The Kier molecular flexibility index (Phi) is 5.81. The van der Waals surface area contributed by atoms with Gasteiger partial charge in [0.15, 0.2) is 0 Å². The lowest BCUT2D eigenvalue weighted by molar-refractivity contribution is -0.129. The second-order valence-corrected chi connectivity index (χ2v) is 8.63. The van der Waals surface area contributed by atoms with Crippen molar-refractivity contribution in [3.05, 3.63) is 65.2 Å². The van der Waals surface area contributed by atoms with Gasteiger partial charge in [0, 0.05) is 26.1 Å². The number of benzene rings is 2. The third kappa shape index (κ3) is 4.96. The highest BCUT2D eigenvalue weighted by Gasteiger charge is 2.34. The third-order valence-corrected chi connectivity index (χ3v) is 5.73. The summed E-state index contributed by atoms with van der Waals surface area (Å²) in [7, 11) is -3.73. The van der Waals surface area contributed by atoms with E-state index in [4.69, 9.17) is 5.14 Å². The summed E-state index contributed by atoms with van der Waals surface area (Å²) in [5.41, 5.74) is 2.95. The van der Waals surface area contributed by atoms with Crippen LogP contribution in [0.2, 0.25) is 0 Å². The molecule has 2 amide bonds. The Bertz CT molecular complexity index is 970. The molecule has 1 aliphatic rings. The zero-order chi connectivity index (χ0) is 20.3. The fourth-order valence-electron chi connectivity index (χ4n) is 3.14. The van der Waals surface area contributed by atoms with E-state index in [2.05, 4.69) is 5.32 Å². The zero-order valence-corrected chi connectivity index (χ0v) is 16.4. The highest BCUT2D eigenvalue weighted by atomic mass is 32.2. The summed E-state index contributed by atoms with van der Waals surface area (Å²) in [4.78, 5) is 26.4. The molecule has 8 heteroatoms. The number of hydrogen-bond acceptors (Lipinski definition) is 4. The minimum Gasteiger partial charge on any atom is -0.352 e. The van der Waals surface area contributed by atoms with Crippen molar-refractivity contribution >= 4 is 21.8 Å². The molecular formula is C20H23N3O4S. The monoisotopic (exact) mass is 401 g/mol. The van der Waals surface area contributed by atoms with Crippen LogP contribution in [0.3, 0.4) is 0 Å². The molecule has 148 valence electrons. The van der Waals surface area contributed by atoms with E-state index in [1.54, 1.807) is 17.0 Å². The molecule has 7 nitrogen and oxygen atoms in total. The summed E-state index contributed by atoms with van der Waals surface area (Å²) in [5.74, 6) is -0.602. The summed E-state index contributed by atoms with van der Waals surface area (Å²) in [6.07, 6.45) is 0.196. The molecule has 0 aliphatic carbocycles. The summed E-state index contributed by atoms with van der Waals surface area (Å²) < 4.78 is 22.5. The first-order valence-electron chi connectivity index (χ1n) is 8.95. The molecule has 1 heterocycles. The first-order chi connectivity index (χ1) is 13.2. The molecule has 1 saturated heterocycles. The van der Waals surface area contributed by atoms with E-state index in [0.717, 1.165) is 16.7 Å². The molecule has 2 aromatic rings. The quantitative estimate of drug-likeness (QED) is 0.760. The molecule has 1 unspecified atom stereocenters. The van der Waals surface area contributed by atoms with Crippen molar-refractivity contribution < 1.29 is 18.0 Å². The normalized spacial score (nSPS) is 17.0. The Labute approximate surface area is 164 Å². The lowest BCUT2D eigenvalue weighted by atomic mass is 10.1. The molecule has 1 aliphatic heterocycles. The Hall–Kier alpha value is -2.71. The average molecular weight is 401 g/mol. The number of nitrogens with zero attached hydrogens (tertiary/aromatic N) is 1. The highest BCUT2D eigenvalue weighted by Crippen LogP contribution is 2.21. The summed E-state index contributed by atoms with van der Waals surface area (Å²) in [6.45, 7) is 3.15. The maximum absolute atomic E-state index is 12.4. The number of hydrogen-bond donors (Lipinski definition) is 2. The smallest absolute Gasteiger partial charge is 0.238 e. The van der Waals surface area contributed by atoms with Crippen LogP contribution in [-0.4, -0.2) is 31.7 Å². The van der Waals surface area contributed by atoms with E-state index < -0.39 is 10.0 Å². The first kappa shape index (κ1) is 20.0. The average Bonchev–Trinajstić information content (AvgIpc) is 3.02. The van der Waals surface area contributed by atoms with Gasteiger partial charge in [-0.25, -0.2) is 13.6 Å². The third-order valence-electron chi connectivity index (χ3n) is 4.80. The molecule has 0 bridgehead atoms. The molecule has 1 atom stereocenters. The molecule has 0 spiro atoms. The van der Waals surface area contributed by atoms with Crippen LogP contribution in [0.25, 0.3) is 0 Å².